The van der Waals surface area contributed by atoms with Crippen molar-refractivity contribution in [2.24, 2.45) is 0 Å². The van der Waals surface area contributed by atoms with Crippen molar-refractivity contribution in [1.82, 2.24) is 19.9 Å². The van der Waals surface area contributed by atoms with Crippen molar-refractivity contribution in [2.75, 3.05) is 24.3 Å². The third-order valence-electron chi connectivity index (χ3n) is 3.99. The van der Waals surface area contributed by atoms with Crippen LogP contribution in [0.25, 0.3) is 5.65 Å². The molecule has 2 bridgehead atoms. The number of hydrogen-bond donors (Lipinski definition) is 3. The molecule has 0 saturated heterocycles. The molecular weight excluding hydrogens is 320 g/mol. The first-order valence-corrected chi connectivity index (χ1v) is 8.02. The fourth-order valence-electron chi connectivity index (χ4n) is 2.76. The van der Waals surface area contributed by atoms with Crippen LogP contribution >= 0.6 is 0 Å². The third-order valence-corrected chi connectivity index (χ3v) is 3.99. The van der Waals surface area contributed by atoms with Crippen molar-refractivity contribution >= 4 is 28.9 Å². The van der Waals surface area contributed by atoms with Crippen LogP contribution in [0.15, 0.2) is 36.5 Å². The summed E-state index contributed by atoms with van der Waals surface area (Å²) in [5, 5.41) is 13.5. The number of benzene rings is 1. The molecule has 0 saturated carbocycles. The van der Waals surface area contributed by atoms with Gasteiger partial charge in [0.1, 0.15) is 29.6 Å². The molecule has 0 fully saturated rings. The summed E-state index contributed by atoms with van der Waals surface area (Å²) in [4.78, 5) is 17.1. The van der Waals surface area contributed by atoms with Crippen LogP contribution in [-0.2, 0) is 0 Å². The smallest absolute Gasteiger partial charge is 0.257 e. The highest BCUT2D eigenvalue weighted by molar-refractivity contribution is 6.00. The number of anilines is 3. The SMILES string of the molecule is CNc1cc2nc3c(cnn13)C(=O)NC(C)COc1ccccc1N2. The van der Waals surface area contributed by atoms with Gasteiger partial charge in [-0.05, 0) is 19.1 Å². The monoisotopic (exact) mass is 338 g/mol. The molecule has 3 N–H and O–H groups in total. The molecule has 25 heavy (non-hydrogen) atoms. The number of carbonyl (C=O) groups is 1. The van der Waals surface area contributed by atoms with E-state index in [4.69, 9.17) is 4.74 Å². The third kappa shape index (κ3) is 2.71. The van der Waals surface area contributed by atoms with Gasteiger partial charge in [0.25, 0.3) is 5.91 Å². The van der Waals surface area contributed by atoms with Crippen molar-refractivity contribution in [2.45, 2.75) is 13.0 Å². The van der Waals surface area contributed by atoms with E-state index in [1.807, 2.05) is 37.3 Å². The van der Waals surface area contributed by atoms with Gasteiger partial charge < -0.3 is 20.7 Å². The average molecular weight is 338 g/mol. The Bertz CT molecular complexity index is 951. The minimum atomic E-state index is -0.230. The summed E-state index contributed by atoms with van der Waals surface area (Å²) in [5.74, 6) is 1.78. The Balaban J connectivity index is 1.91. The second kappa shape index (κ2) is 5.97. The van der Waals surface area contributed by atoms with Gasteiger partial charge in [0.05, 0.1) is 17.9 Å². The highest BCUT2D eigenvalue weighted by Gasteiger charge is 2.20. The average Bonchev–Trinajstić information content (AvgIpc) is 3.03. The van der Waals surface area contributed by atoms with E-state index >= 15 is 0 Å². The topological polar surface area (TPSA) is 92.6 Å². The van der Waals surface area contributed by atoms with Crippen molar-refractivity contribution in [3.63, 3.8) is 0 Å². The number of nitrogens with zero attached hydrogens (tertiary/aromatic N) is 3. The van der Waals surface area contributed by atoms with E-state index in [1.165, 1.54) is 6.20 Å². The molecule has 3 heterocycles. The number of hydrogen-bond acceptors (Lipinski definition) is 6. The molecule has 0 radical (unpaired) electrons. The van der Waals surface area contributed by atoms with Crippen LogP contribution in [0.1, 0.15) is 17.3 Å². The second-order valence-electron chi connectivity index (χ2n) is 5.88. The van der Waals surface area contributed by atoms with Crippen molar-refractivity contribution in [3.8, 4) is 5.75 Å². The predicted molar refractivity (Wildman–Crippen MR) is 94.7 cm³/mol. The van der Waals surface area contributed by atoms with Crippen LogP contribution < -0.4 is 20.7 Å². The first-order valence-electron chi connectivity index (χ1n) is 8.02. The zero-order chi connectivity index (χ0) is 17.4. The van der Waals surface area contributed by atoms with Crippen molar-refractivity contribution in [3.05, 3.63) is 42.1 Å². The molecule has 1 amide bonds. The van der Waals surface area contributed by atoms with E-state index in [-0.39, 0.29) is 11.9 Å². The Kier molecular flexibility index (Phi) is 3.64. The van der Waals surface area contributed by atoms with Gasteiger partial charge in [0.15, 0.2) is 5.65 Å². The van der Waals surface area contributed by atoms with Crippen LogP contribution in [0.4, 0.5) is 17.3 Å². The van der Waals surface area contributed by atoms with Crippen LogP contribution in [0, 0.1) is 0 Å². The highest BCUT2D eigenvalue weighted by Crippen LogP contribution is 2.29. The fraction of sp³-hybridized carbons (Fsp3) is 0.235. The molecule has 1 atom stereocenters. The molecule has 128 valence electrons. The molecule has 1 aliphatic heterocycles. The molecule has 2 aromatic heterocycles. The first kappa shape index (κ1) is 15.3. The van der Waals surface area contributed by atoms with E-state index in [0.29, 0.717) is 29.4 Å². The van der Waals surface area contributed by atoms with Crippen molar-refractivity contribution in [1.29, 1.82) is 0 Å². The normalized spacial score (nSPS) is 16.9. The largest absolute Gasteiger partial charge is 0.489 e. The van der Waals surface area contributed by atoms with Crippen LogP contribution in [0.3, 0.4) is 0 Å². The number of amides is 1. The lowest BCUT2D eigenvalue weighted by Crippen LogP contribution is -2.37. The van der Waals surface area contributed by atoms with Gasteiger partial charge in [-0.2, -0.15) is 9.61 Å². The van der Waals surface area contributed by atoms with E-state index in [0.717, 1.165) is 11.5 Å². The van der Waals surface area contributed by atoms with Gasteiger partial charge in [-0.3, -0.25) is 4.79 Å². The Morgan fingerprint density at radius 3 is 3.04 bits per heavy atom. The second-order valence-corrected chi connectivity index (χ2v) is 5.88. The summed E-state index contributed by atoms with van der Waals surface area (Å²) in [6, 6.07) is 9.29. The number of rotatable bonds is 1. The van der Waals surface area contributed by atoms with Gasteiger partial charge in [-0.25, -0.2) is 4.98 Å². The van der Waals surface area contributed by atoms with Gasteiger partial charge in [0.2, 0.25) is 0 Å². The van der Waals surface area contributed by atoms with E-state index in [1.54, 1.807) is 11.6 Å². The molecule has 8 heteroatoms. The zero-order valence-electron chi connectivity index (χ0n) is 13.9. The predicted octanol–water partition coefficient (Wildman–Crippen LogP) is 2.03. The van der Waals surface area contributed by atoms with Gasteiger partial charge in [-0.1, -0.05) is 12.1 Å². The first-order chi connectivity index (χ1) is 12.2. The highest BCUT2D eigenvalue weighted by atomic mass is 16.5. The number of ether oxygens (including phenoxy) is 1. The Labute approximate surface area is 144 Å². The number of aromatic nitrogens is 3. The van der Waals surface area contributed by atoms with E-state index in [2.05, 4.69) is 26.0 Å². The van der Waals surface area contributed by atoms with Gasteiger partial charge in [0, 0.05) is 13.1 Å². The summed E-state index contributed by atoms with van der Waals surface area (Å²) in [7, 11) is 1.79. The number of nitrogens with one attached hydrogen (secondary N) is 3. The molecular formula is C17H18N6O2. The van der Waals surface area contributed by atoms with Gasteiger partial charge in [-0.15, -0.1) is 0 Å². The summed E-state index contributed by atoms with van der Waals surface area (Å²) < 4.78 is 7.47. The molecule has 4 rings (SSSR count). The zero-order valence-corrected chi connectivity index (χ0v) is 13.9. The van der Waals surface area contributed by atoms with Crippen LogP contribution in [0.2, 0.25) is 0 Å². The van der Waals surface area contributed by atoms with Crippen LogP contribution in [0.5, 0.6) is 5.75 Å². The summed E-state index contributed by atoms with van der Waals surface area (Å²) in [6.07, 6.45) is 1.52. The summed E-state index contributed by atoms with van der Waals surface area (Å²) >= 11 is 0. The number of carbonyl (C=O) groups excluding carboxylic acids is 1. The molecule has 1 aromatic carbocycles. The Hall–Kier alpha value is -3.29. The Morgan fingerprint density at radius 2 is 2.20 bits per heavy atom. The minimum Gasteiger partial charge on any atom is -0.489 e. The maximum atomic E-state index is 12.6. The molecule has 8 nitrogen and oxygen atoms in total. The van der Waals surface area contributed by atoms with Crippen molar-refractivity contribution < 1.29 is 9.53 Å². The summed E-state index contributed by atoms with van der Waals surface area (Å²) in [6.45, 7) is 2.25. The minimum absolute atomic E-state index is 0.165. The molecule has 3 aromatic rings. The summed E-state index contributed by atoms with van der Waals surface area (Å²) in [5.41, 5.74) is 1.71. The number of para-hydroxylation sites is 2. The quantitative estimate of drug-likeness (QED) is 0.629. The molecule has 1 unspecified atom stereocenters. The van der Waals surface area contributed by atoms with E-state index in [9.17, 15) is 4.79 Å². The molecule has 0 spiro atoms. The lowest BCUT2D eigenvalue weighted by molar-refractivity contribution is 0.0928. The fourth-order valence-corrected chi connectivity index (χ4v) is 2.76. The maximum Gasteiger partial charge on any atom is 0.257 e. The van der Waals surface area contributed by atoms with Gasteiger partial charge >= 0.3 is 0 Å². The maximum absolute atomic E-state index is 12.6. The molecule has 0 aliphatic carbocycles. The van der Waals surface area contributed by atoms with Crippen LogP contribution in [-0.4, -0.2) is 40.2 Å². The molecule has 1 aliphatic rings. The van der Waals surface area contributed by atoms with E-state index < -0.39 is 0 Å². The number of fused-ring (bicyclic) bond motifs is 2. The standard InChI is InChI=1S/C17H18N6O2/c1-10-9-25-13-6-4-3-5-12(13)21-14-7-15(18-2)23-16(22-14)11(8-19-23)17(24)20-10/h3-8,10,18H,9H2,1-2H3,(H,20,24)(H,21,22). The Morgan fingerprint density at radius 1 is 1.36 bits per heavy atom. The lowest BCUT2D eigenvalue weighted by Gasteiger charge is -2.18. The lowest BCUT2D eigenvalue weighted by atomic mass is 10.2.